The van der Waals surface area contributed by atoms with E-state index in [9.17, 15) is 19.5 Å². The molecule has 2 aromatic rings. The Morgan fingerprint density at radius 1 is 1.11 bits per heavy atom. The van der Waals surface area contributed by atoms with E-state index in [1.807, 2.05) is 26.8 Å². The number of phenolic OH excluding ortho intramolecular Hbond substituents is 1. The highest BCUT2D eigenvalue weighted by molar-refractivity contribution is 8.15. The second-order valence-electron chi connectivity index (χ2n) is 6.59. The minimum absolute atomic E-state index is 0.0489. The van der Waals surface area contributed by atoms with Crippen LogP contribution in [0.1, 0.15) is 23.1 Å². The Bertz CT molecular complexity index is 942. The maximum absolute atomic E-state index is 12.7. The Kier molecular flexibility index (Phi) is 5.23. The van der Waals surface area contributed by atoms with Crippen molar-refractivity contribution in [2.24, 2.45) is 0 Å². The number of amides is 3. The van der Waals surface area contributed by atoms with Gasteiger partial charge in [-0.25, -0.2) is 4.90 Å². The maximum Gasteiger partial charge on any atom is 0.293 e. The number of hydrogen-bond acceptors (Lipinski definition) is 5. The fraction of sp³-hybridized carbons (Fsp3) is 0.250. The highest BCUT2D eigenvalue weighted by Gasteiger charge is 2.41. The number of carbonyl (C=O) groups is 3. The number of thioether (sulfide) groups is 1. The minimum atomic E-state index is -0.786. The number of anilines is 2. The first-order valence-corrected chi connectivity index (χ1v) is 9.35. The first-order chi connectivity index (χ1) is 12.8. The third-order valence-corrected chi connectivity index (χ3v) is 5.50. The number of rotatable bonds is 4. The third-order valence-electron chi connectivity index (χ3n) is 4.47. The second kappa shape index (κ2) is 7.44. The van der Waals surface area contributed by atoms with Crippen LogP contribution in [0.5, 0.6) is 5.75 Å². The monoisotopic (exact) mass is 384 g/mol. The van der Waals surface area contributed by atoms with Crippen LogP contribution in [0, 0.1) is 20.8 Å². The molecule has 7 heteroatoms. The predicted octanol–water partition coefficient (Wildman–Crippen LogP) is 3.91. The number of nitrogens with one attached hydrogen (secondary N) is 1. The van der Waals surface area contributed by atoms with Gasteiger partial charge in [0.1, 0.15) is 11.0 Å². The first kappa shape index (κ1) is 19.0. The Morgan fingerprint density at radius 2 is 1.85 bits per heavy atom. The van der Waals surface area contributed by atoms with Gasteiger partial charge in [0.05, 0.1) is 11.4 Å². The molecule has 3 rings (SSSR count). The second-order valence-corrected chi connectivity index (χ2v) is 7.74. The number of aromatic hydroxyl groups is 1. The molecule has 140 valence electrons. The van der Waals surface area contributed by atoms with Crippen LogP contribution in [0.4, 0.5) is 16.2 Å². The van der Waals surface area contributed by atoms with Gasteiger partial charge in [-0.05, 0) is 73.5 Å². The van der Waals surface area contributed by atoms with Gasteiger partial charge in [-0.1, -0.05) is 12.1 Å². The molecule has 0 saturated carbocycles. The fourth-order valence-corrected chi connectivity index (χ4v) is 3.79. The smallest absolute Gasteiger partial charge is 0.293 e. The molecule has 1 heterocycles. The molecule has 1 saturated heterocycles. The van der Waals surface area contributed by atoms with E-state index in [0.29, 0.717) is 5.69 Å². The third kappa shape index (κ3) is 3.98. The summed E-state index contributed by atoms with van der Waals surface area (Å²) < 4.78 is 0. The van der Waals surface area contributed by atoms with Gasteiger partial charge in [-0.2, -0.15) is 0 Å². The average molecular weight is 384 g/mol. The Morgan fingerprint density at radius 3 is 2.56 bits per heavy atom. The molecule has 3 amide bonds. The number of nitrogens with zero attached hydrogens (tertiary/aromatic N) is 1. The number of phenols is 1. The zero-order valence-electron chi connectivity index (χ0n) is 15.3. The molecule has 1 fully saturated rings. The quantitative estimate of drug-likeness (QED) is 0.781. The van der Waals surface area contributed by atoms with E-state index in [-0.39, 0.29) is 23.1 Å². The van der Waals surface area contributed by atoms with Gasteiger partial charge in [-0.15, -0.1) is 0 Å². The van der Waals surface area contributed by atoms with Crippen molar-refractivity contribution in [2.75, 3.05) is 10.2 Å². The van der Waals surface area contributed by atoms with Crippen LogP contribution in [-0.2, 0) is 9.59 Å². The molecule has 6 nitrogen and oxygen atoms in total. The SMILES string of the molecule is Cc1ccc(O)c(NC(=O)CC2SC(=O)N(c3ccc(C)c(C)c3)C2=O)c1. The van der Waals surface area contributed by atoms with Crippen molar-refractivity contribution < 1.29 is 19.5 Å². The summed E-state index contributed by atoms with van der Waals surface area (Å²) in [6, 6.07) is 10.2. The number of carbonyl (C=O) groups excluding carboxylic acids is 3. The summed E-state index contributed by atoms with van der Waals surface area (Å²) in [5.41, 5.74) is 3.73. The Hall–Kier alpha value is -2.80. The van der Waals surface area contributed by atoms with E-state index in [4.69, 9.17) is 0 Å². The van der Waals surface area contributed by atoms with Crippen LogP contribution < -0.4 is 10.2 Å². The summed E-state index contributed by atoms with van der Waals surface area (Å²) in [7, 11) is 0. The van der Waals surface area contributed by atoms with Gasteiger partial charge < -0.3 is 10.4 Å². The fourth-order valence-electron chi connectivity index (χ4n) is 2.80. The van der Waals surface area contributed by atoms with E-state index in [0.717, 1.165) is 33.4 Å². The molecular formula is C20H20N2O4S. The predicted molar refractivity (Wildman–Crippen MR) is 106 cm³/mol. The number of aryl methyl sites for hydroxylation is 3. The van der Waals surface area contributed by atoms with E-state index in [1.54, 1.807) is 24.3 Å². The van der Waals surface area contributed by atoms with Crippen LogP contribution in [0.15, 0.2) is 36.4 Å². The van der Waals surface area contributed by atoms with Crippen molar-refractivity contribution in [3.05, 3.63) is 53.1 Å². The lowest BCUT2D eigenvalue weighted by molar-refractivity contribution is -0.121. The first-order valence-electron chi connectivity index (χ1n) is 8.47. The summed E-state index contributed by atoms with van der Waals surface area (Å²) in [5.74, 6) is -0.888. The zero-order valence-corrected chi connectivity index (χ0v) is 16.1. The average Bonchev–Trinajstić information content (AvgIpc) is 2.87. The Balaban J connectivity index is 1.72. The molecule has 0 bridgehead atoms. The van der Waals surface area contributed by atoms with Crippen molar-refractivity contribution in [3.63, 3.8) is 0 Å². The van der Waals surface area contributed by atoms with E-state index in [1.165, 1.54) is 6.07 Å². The summed E-state index contributed by atoms with van der Waals surface area (Å²) in [4.78, 5) is 38.4. The van der Waals surface area contributed by atoms with Crippen LogP contribution in [0.3, 0.4) is 0 Å². The van der Waals surface area contributed by atoms with E-state index < -0.39 is 17.1 Å². The minimum Gasteiger partial charge on any atom is -0.506 e. The summed E-state index contributed by atoms with van der Waals surface area (Å²) in [6.07, 6.45) is -0.149. The van der Waals surface area contributed by atoms with Gasteiger partial charge in [0.15, 0.2) is 0 Å². The molecule has 1 unspecified atom stereocenters. The van der Waals surface area contributed by atoms with Crippen LogP contribution in [0.2, 0.25) is 0 Å². The molecule has 0 aliphatic carbocycles. The van der Waals surface area contributed by atoms with Crippen LogP contribution >= 0.6 is 11.8 Å². The van der Waals surface area contributed by atoms with Gasteiger partial charge >= 0.3 is 0 Å². The van der Waals surface area contributed by atoms with Crippen molar-refractivity contribution >= 4 is 40.2 Å². The zero-order chi connectivity index (χ0) is 19.7. The van der Waals surface area contributed by atoms with Crippen molar-refractivity contribution in [3.8, 4) is 5.75 Å². The normalized spacial score (nSPS) is 16.7. The van der Waals surface area contributed by atoms with E-state index in [2.05, 4.69) is 5.32 Å². The number of benzene rings is 2. The number of imide groups is 1. The molecule has 1 aliphatic heterocycles. The van der Waals surface area contributed by atoms with Gasteiger partial charge in [-0.3, -0.25) is 14.4 Å². The van der Waals surface area contributed by atoms with Crippen molar-refractivity contribution in [1.29, 1.82) is 0 Å². The highest BCUT2D eigenvalue weighted by Crippen LogP contribution is 2.34. The molecule has 0 radical (unpaired) electrons. The lowest BCUT2D eigenvalue weighted by Gasteiger charge is -2.15. The lowest BCUT2D eigenvalue weighted by atomic mass is 10.1. The topological polar surface area (TPSA) is 86.7 Å². The van der Waals surface area contributed by atoms with Gasteiger partial charge in [0.2, 0.25) is 11.8 Å². The van der Waals surface area contributed by atoms with E-state index >= 15 is 0 Å². The van der Waals surface area contributed by atoms with Crippen LogP contribution in [0.25, 0.3) is 0 Å². The van der Waals surface area contributed by atoms with Crippen LogP contribution in [-0.4, -0.2) is 27.4 Å². The molecular weight excluding hydrogens is 364 g/mol. The molecule has 2 aromatic carbocycles. The lowest BCUT2D eigenvalue weighted by Crippen LogP contribution is -2.33. The summed E-state index contributed by atoms with van der Waals surface area (Å²) >= 11 is 0.847. The molecule has 0 aromatic heterocycles. The standard InChI is InChI=1S/C20H20N2O4S/c1-11-4-7-16(23)15(8-11)21-18(24)10-17-19(25)22(20(26)27-17)14-6-5-12(2)13(3)9-14/h4-9,17,23H,10H2,1-3H3,(H,21,24). The van der Waals surface area contributed by atoms with Gasteiger partial charge in [0, 0.05) is 6.42 Å². The number of hydrogen-bond donors (Lipinski definition) is 2. The highest BCUT2D eigenvalue weighted by atomic mass is 32.2. The molecule has 2 N–H and O–H groups in total. The molecule has 0 spiro atoms. The summed E-state index contributed by atoms with van der Waals surface area (Å²) in [5, 5.41) is 11.3. The molecule has 27 heavy (non-hydrogen) atoms. The van der Waals surface area contributed by atoms with Crippen molar-refractivity contribution in [1.82, 2.24) is 0 Å². The molecule has 1 atom stereocenters. The van der Waals surface area contributed by atoms with Crippen molar-refractivity contribution in [2.45, 2.75) is 32.4 Å². The van der Waals surface area contributed by atoms with Gasteiger partial charge in [0.25, 0.3) is 5.24 Å². The summed E-state index contributed by atoms with van der Waals surface area (Å²) in [6.45, 7) is 5.71. The maximum atomic E-state index is 12.7. The largest absolute Gasteiger partial charge is 0.506 e. The Labute approximate surface area is 161 Å². The molecule has 1 aliphatic rings.